The van der Waals surface area contributed by atoms with E-state index in [4.69, 9.17) is 0 Å². The first-order valence-electron chi connectivity index (χ1n) is 4.56. The second kappa shape index (κ2) is 3.55. The molecule has 0 bridgehead atoms. The third-order valence-electron chi connectivity index (χ3n) is 2.55. The highest BCUT2D eigenvalue weighted by Gasteiger charge is 2.18. The van der Waals surface area contributed by atoms with Crippen molar-refractivity contribution in [3.8, 4) is 0 Å². The molecular formula is C11H11NO. The van der Waals surface area contributed by atoms with Crippen LogP contribution >= 0.6 is 0 Å². The molecule has 1 atom stereocenters. The van der Waals surface area contributed by atoms with E-state index in [1.807, 2.05) is 12.1 Å². The van der Waals surface area contributed by atoms with Crippen LogP contribution < -0.4 is 0 Å². The van der Waals surface area contributed by atoms with Crippen LogP contribution in [0.1, 0.15) is 30.0 Å². The summed E-state index contributed by atoms with van der Waals surface area (Å²) in [5, 5.41) is 0. The maximum Gasteiger partial charge on any atom is 0.235 e. The van der Waals surface area contributed by atoms with Gasteiger partial charge >= 0.3 is 0 Å². The van der Waals surface area contributed by atoms with E-state index in [0.29, 0.717) is 0 Å². The number of rotatable bonds is 1. The van der Waals surface area contributed by atoms with Gasteiger partial charge < -0.3 is 0 Å². The topological polar surface area (TPSA) is 29.4 Å². The van der Waals surface area contributed by atoms with Crippen molar-refractivity contribution < 1.29 is 4.79 Å². The summed E-state index contributed by atoms with van der Waals surface area (Å²) >= 11 is 0. The number of nitrogens with zero attached hydrogens (tertiary/aromatic N) is 1. The standard InChI is InChI=1S/C11H11NO/c13-8-12-11-7-3-5-9-4-1-2-6-10(9)11/h1-2,4,6,11H,3,5,7H2/t11-/m1/s1. The zero-order chi connectivity index (χ0) is 9.10. The van der Waals surface area contributed by atoms with Crippen LogP contribution in [-0.4, -0.2) is 6.08 Å². The van der Waals surface area contributed by atoms with Gasteiger partial charge in [-0.15, -0.1) is 0 Å². The number of aliphatic imine (C=N–C) groups is 1. The summed E-state index contributed by atoms with van der Waals surface area (Å²) in [7, 11) is 0. The van der Waals surface area contributed by atoms with Crippen LogP contribution in [0.4, 0.5) is 0 Å². The van der Waals surface area contributed by atoms with E-state index in [2.05, 4.69) is 17.1 Å². The lowest BCUT2D eigenvalue weighted by Gasteiger charge is -2.20. The molecule has 2 heteroatoms. The van der Waals surface area contributed by atoms with Gasteiger partial charge in [0, 0.05) is 0 Å². The largest absolute Gasteiger partial charge is 0.235 e. The Balaban J connectivity index is 2.42. The molecule has 2 nitrogen and oxygen atoms in total. The molecule has 1 aliphatic carbocycles. The smallest absolute Gasteiger partial charge is 0.211 e. The van der Waals surface area contributed by atoms with Crippen LogP contribution in [0.2, 0.25) is 0 Å². The normalized spacial score (nSPS) is 20.2. The predicted molar refractivity (Wildman–Crippen MR) is 50.2 cm³/mol. The fourth-order valence-electron chi connectivity index (χ4n) is 1.93. The Morgan fingerprint density at radius 1 is 1.38 bits per heavy atom. The average Bonchev–Trinajstić information content (AvgIpc) is 2.19. The Hall–Kier alpha value is -1.40. The molecule has 0 amide bonds. The Bertz CT molecular complexity index is 353. The Kier molecular flexibility index (Phi) is 2.24. The van der Waals surface area contributed by atoms with E-state index in [1.54, 1.807) is 6.08 Å². The molecule has 0 aromatic heterocycles. The first kappa shape index (κ1) is 8.21. The second-order valence-corrected chi connectivity index (χ2v) is 3.33. The molecule has 13 heavy (non-hydrogen) atoms. The first-order valence-corrected chi connectivity index (χ1v) is 4.56. The summed E-state index contributed by atoms with van der Waals surface area (Å²) < 4.78 is 0. The number of isocyanates is 1. The fourth-order valence-corrected chi connectivity index (χ4v) is 1.93. The lowest BCUT2D eigenvalue weighted by atomic mass is 9.88. The quantitative estimate of drug-likeness (QED) is 0.473. The van der Waals surface area contributed by atoms with Gasteiger partial charge in [-0.05, 0) is 30.4 Å². The van der Waals surface area contributed by atoms with Gasteiger partial charge in [0.05, 0.1) is 6.04 Å². The zero-order valence-electron chi connectivity index (χ0n) is 7.36. The minimum absolute atomic E-state index is 0.0578. The van der Waals surface area contributed by atoms with Gasteiger partial charge in [0.25, 0.3) is 0 Å². The molecule has 1 aromatic carbocycles. The molecule has 0 aliphatic heterocycles. The van der Waals surface area contributed by atoms with E-state index >= 15 is 0 Å². The maximum atomic E-state index is 10.2. The third-order valence-corrected chi connectivity index (χ3v) is 2.55. The highest BCUT2D eigenvalue weighted by atomic mass is 16.1. The highest BCUT2D eigenvalue weighted by Crippen LogP contribution is 2.31. The van der Waals surface area contributed by atoms with Crippen LogP contribution in [0.3, 0.4) is 0 Å². The van der Waals surface area contributed by atoms with Crippen molar-refractivity contribution in [1.29, 1.82) is 0 Å². The van der Waals surface area contributed by atoms with E-state index in [9.17, 15) is 4.79 Å². The van der Waals surface area contributed by atoms with Crippen molar-refractivity contribution in [2.24, 2.45) is 4.99 Å². The van der Waals surface area contributed by atoms with Gasteiger partial charge in [0.2, 0.25) is 6.08 Å². The molecule has 0 fully saturated rings. The Labute approximate surface area is 77.3 Å². The van der Waals surface area contributed by atoms with Crippen LogP contribution in [0, 0.1) is 0 Å². The third kappa shape index (κ3) is 1.53. The van der Waals surface area contributed by atoms with Gasteiger partial charge in [-0.1, -0.05) is 24.3 Å². The van der Waals surface area contributed by atoms with Gasteiger partial charge in [-0.3, -0.25) is 0 Å². The van der Waals surface area contributed by atoms with Gasteiger partial charge in [-0.2, -0.15) is 4.99 Å². The molecule has 0 heterocycles. The molecule has 0 spiro atoms. The van der Waals surface area contributed by atoms with Crippen LogP contribution in [0.25, 0.3) is 0 Å². The van der Waals surface area contributed by atoms with E-state index in [1.165, 1.54) is 11.1 Å². The zero-order valence-corrected chi connectivity index (χ0v) is 7.36. The number of hydrogen-bond acceptors (Lipinski definition) is 2. The Morgan fingerprint density at radius 3 is 3.08 bits per heavy atom. The summed E-state index contributed by atoms with van der Waals surface area (Å²) in [6.45, 7) is 0. The van der Waals surface area contributed by atoms with E-state index < -0.39 is 0 Å². The van der Waals surface area contributed by atoms with E-state index in [0.717, 1.165) is 19.3 Å². The minimum Gasteiger partial charge on any atom is -0.211 e. The molecule has 1 aromatic rings. The molecule has 0 saturated heterocycles. The summed E-state index contributed by atoms with van der Waals surface area (Å²) in [4.78, 5) is 14.0. The summed E-state index contributed by atoms with van der Waals surface area (Å²) in [6.07, 6.45) is 4.86. The van der Waals surface area contributed by atoms with Crippen molar-refractivity contribution in [2.45, 2.75) is 25.3 Å². The number of fused-ring (bicyclic) bond motifs is 1. The molecular weight excluding hydrogens is 162 g/mol. The van der Waals surface area contributed by atoms with Crippen LogP contribution in [0.15, 0.2) is 29.3 Å². The minimum atomic E-state index is 0.0578. The highest BCUT2D eigenvalue weighted by molar-refractivity contribution is 5.38. The first-order chi connectivity index (χ1) is 6.42. The number of aryl methyl sites for hydroxylation is 1. The van der Waals surface area contributed by atoms with Crippen LogP contribution in [-0.2, 0) is 11.2 Å². The summed E-state index contributed by atoms with van der Waals surface area (Å²) in [6, 6.07) is 8.26. The lowest BCUT2D eigenvalue weighted by Crippen LogP contribution is -2.07. The summed E-state index contributed by atoms with van der Waals surface area (Å²) in [5.41, 5.74) is 2.54. The molecule has 0 saturated carbocycles. The molecule has 0 N–H and O–H groups in total. The Morgan fingerprint density at radius 2 is 2.23 bits per heavy atom. The molecule has 2 rings (SSSR count). The second-order valence-electron chi connectivity index (χ2n) is 3.33. The lowest BCUT2D eigenvalue weighted by molar-refractivity contribution is 0.538. The molecule has 66 valence electrons. The van der Waals surface area contributed by atoms with Crippen molar-refractivity contribution in [2.75, 3.05) is 0 Å². The maximum absolute atomic E-state index is 10.2. The summed E-state index contributed by atoms with van der Waals surface area (Å²) in [5.74, 6) is 0. The number of benzene rings is 1. The SMILES string of the molecule is O=C=N[C@@H]1CCCc2ccccc21. The van der Waals surface area contributed by atoms with Gasteiger partial charge in [0.15, 0.2) is 0 Å². The molecule has 1 aliphatic rings. The fraction of sp³-hybridized carbons (Fsp3) is 0.364. The van der Waals surface area contributed by atoms with Crippen molar-refractivity contribution in [3.63, 3.8) is 0 Å². The molecule has 0 unspecified atom stereocenters. The monoisotopic (exact) mass is 173 g/mol. The number of hydrogen-bond donors (Lipinski definition) is 0. The van der Waals surface area contributed by atoms with Crippen molar-refractivity contribution in [1.82, 2.24) is 0 Å². The average molecular weight is 173 g/mol. The van der Waals surface area contributed by atoms with Crippen LogP contribution in [0.5, 0.6) is 0 Å². The number of carbonyl (C=O) groups excluding carboxylic acids is 1. The van der Waals surface area contributed by atoms with Gasteiger partial charge in [0.1, 0.15) is 0 Å². The predicted octanol–water partition coefficient (Wildman–Crippen LogP) is 2.40. The van der Waals surface area contributed by atoms with E-state index in [-0.39, 0.29) is 6.04 Å². The van der Waals surface area contributed by atoms with Gasteiger partial charge in [-0.25, -0.2) is 4.79 Å². The molecule has 0 radical (unpaired) electrons. The van der Waals surface area contributed by atoms with Crippen molar-refractivity contribution >= 4 is 6.08 Å². The van der Waals surface area contributed by atoms with Crippen molar-refractivity contribution in [3.05, 3.63) is 35.4 Å².